The van der Waals surface area contributed by atoms with E-state index < -0.39 is 23.3 Å². The molecule has 0 atom stereocenters. The third kappa shape index (κ3) is 1.12. The molecule has 5 heteroatoms. The average Bonchev–Trinajstić information content (AvgIpc) is 2.54. The number of aryl methyl sites for hydroxylation is 1. The second-order valence-electron chi connectivity index (χ2n) is 2.86. The molecular weight excluding hydrogens is 216 g/mol. The zero-order chi connectivity index (χ0) is 10.5. The summed E-state index contributed by atoms with van der Waals surface area (Å²) in [4.78, 5) is 0.600. The van der Waals surface area contributed by atoms with Gasteiger partial charge in [0.1, 0.15) is 0 Å². The van der Waals surface area contributed by atoms with E-state index in [0.29, 0.717) is 4.88 Å². The van der Waals surface area contributed by atoms with Gasteiger partial charge in [0.05, 0.1) is 4.70 Å². The lowest BCUT2D eigenvalue weighted by atomic mass is 10.2. The first-order chi connectivity index (χ1) is 6.52. The molecular formula is C9H4F4S. The molecule has 14 heavy (non-hydrogen) atoms. The van der Waals surface area contributed by atoms with Crippen LogP contribution in [-0.2, 0) is 0 Å². The Morgan fingerprint density at radius 1 is 0.929 bits per heavy atom. The molecule has 1 aromatic carbocycles. The van der Waals surface area contributed by atoms with Gasteiger partial charge in [0, 0.05) is 10.3 Å². The molecule has 0 aliphatic heterocycles. The van der Waals surface area contributed by atoms with E-state index in [4.69, 9.17) is 0 Å². The Labute approximate surface area is 80.8 Å². The fraction of sp³-hybridized carbons (Fsp3) is 0.111. The van der Waals surface area contributed by atoms with Gasteiger partial charge >= 0.3 is 0 Å². The summed E-state index contributed by atoms with van der Waals surface area (Å²) in [5.74, 6) is -6.16. The van der Waals surface area contributed by atoms with Crippen LogP contribution in [0.4, 0.5) is 17.6 Å². The molecule has 0 bridgehead atoms. The highest BCUT2D eigenvalue weighted by Crippen LogP contribution is 2.32. The Kier molecular flexibility index (Phi) is 1.99. The van der Waals surface area contributed by atoms with Crippen molar-refractivity contribution in [1.82, 2.24) is 0 Å². The topological polar surface area (TPSA) is 0 Å². The standard InChI is InChI=1S/C9H4F4S/c1-3-2-4-5(10)6(11)7(12)8(13)9(4)14-3/h2H,1H3. The molecule has 0 saturated heterocycles. The minimum atomic E-state index is -1.76. The van der Waals surface area contributed by atoms with Crippen LogP contribution in [0.1, 0.15) is 4.88 Å². The number of hydrogen-bond donors (Lipinski definition) is 0. The molecule has 0 nitrogen and oxygen atoms in total. The van der Waals surface area contributed by atoms with Crippen LogP contribution in [0.5, 0.6) is 0 Å². The van der Waals surface area contributed by atoms with Gasteiger partial charge in [-0.3, -0.25) is 0 Å². The average molecular weight is 220 g/mol. The molecule has 0 amide bonds. The molecule has 0 radical (unpaired) electrons. The maximum Gasteiger partial charge on any atom is 0.198 e. The largest absolute Gasteiger partial charge is 0.203 e. The van der Waals surface area contributed by atoms with Crippen LogP contribution >= 0.6 is 11.3 Å². The normalized spacial score (nSPS) is 11.2. The predicted octanol–water partition coefficient (Wildman–Crippen LogP) is 3.77. The minimum Gasteiger partial charge on any atom is -0.203 e. The highest BCUT2D eigenvalue weighted by molar-refractivity contribution is 7.19. The monoisotopic (exact) mass is 220 g/mol. The van der Waals surface area contributed by atoms with Crippen LogP contribution < -0.4 is 0 Å². The maximum atomic E-state index is 13.1. The van der Waals surface area contributed by atoms with E-state index in [1.165, 1.54) is 6.07 Å². The molecule has 0 aliphatic carbocycles. The van der Waals surface area contributed by atoms with Crippen molar-refractivity contribution in [3.05, 3.63) is 34.2 Å². The highest BCUT2D eigenvalue weighted by Gasteiger charge is 2.21. The van der Waals surface area contributed by atoms with Crippen molar-refractivity contribution in [1.29, 1.82) is 0 Å². The molecule has 0 unspecified atom stereocenters. The van der Waals surface area contributed by atoms with E-state index in [-0.39, 0.29) is 10.1 Å². The zero-order valence-electron chi connectivity index (χ0n) is 7.00. The van der Waals surface area contributed by atoms with E-state index in [2.05, 4.69) is 0 Å². The van der Waals surface area contributed by atoms with Gasteiger partial charge < -0.3 is 0 Å². The van der Waals surface area contributed by atoms with Crippen LogP contribution in [0.3, 0.4) is 0 Å². The first-order valence-electron chi connectivity index (χ1n) is 3.74. The van der Waals surface area contributed by atoms with E-state index in [1.54, 1.807) is 6.92 Å². The first kappa shape index (κ1) is 9.45. The van der Waals surface area contributed by atoms with Crippen molar-refractivity contribution in [3.63, 3.8) is 0 Å². The number of hydrogen-bond acceptors (Lipinski definition) is 1. The Morgan fingerprint density at radius 2 is 1.50 bits per heavy atom. The molecule has 0 fully saturated rings. The van der Waals surface area contributed by atoms with Crippen molar-refractivity contribution in [2.45, 2.75) is 6.92 Å². The van der Waals surface area contributed by atoms with Gasteiger partial charge in [0.15, 0.2) is 23.3 Å². The lowest BCUT2D eigenvalue weighted by Crippen LogP contribution is -1.95. The number of halogens is 4. The summed E-state index contributed by atoms with van der Waals surface area (Å²) in [6.07, 6.45) is 0. The van der Waals surface area contributed by atoms with Gasteiger partial charge in [-0.1, -0.05) is 0 Å². The summed E-state index contributed by atoms with van der Waals surface area (Å²) in [7, 11) is 0. The molecule has 0 N–H and O–H groups in total. The van der Waals surface area contributed by atoms with Crippen LogP contribution in [-0.4, -0.2) is 0 Å². The molecule has 2 aromatic rings. The van der Waals surface area contributed by atoms with Gasteiger partial charge in [0.2, 0.25) is 0 Å². The van der Waals surface area contributed by atoms with Crippen LogP contribution in [0.15, 0.2) is 6.07 Å². The van der Waals surface area contributed by atoms with E-state index in [0.717, 1.165) is 11.3 Å². The summed E-state index contributed by atoms with van der Waals surface area (Å²) >= 11 is 0.894. The lowest BCUT2D eigenvalue weighted by molar-refractivity contribution is 0.419. The smallest absolute Gasteiger partial charge is 0.198 e. The summed E-state index contributed by atoms with van der Waals surface area (Å²) in [5.41, 5.74) is 0. The lowest BCUT2D eigenvalue weighted by Gasteiger charge is -1.98. The zero-order valence-corrected chi connectivity index (χ0v) is 7.81. The van der Waals surface area contributed by atoms with Gasteiger partial charge in [0.25, 0.3) is 0 Å². The Bertz CT molecular complexity index is 470. The quantitative estimate of drug-likeness (QED) is 0.360. The first-order valence-corrected chi connectivity index (χ1v) is 4.56. The Morgan fingerprint density at radius 3 is 2.14 bits per heavy atom. The molecule has 74 valence electrons. The predicted molar refractivity (Wildman–Crippen MR) is 46.4 cm³/mol. The summed E-state index contributed by atoms with van der Waals surface area (Å²) < 4.78 is 51.5. The number of rotatable bonds is 0. The van der Waals surface area contributed by atoms with Gasteiger partial charge in [-0.25, -0.2) is 17.6 Å². The van der Waals surface area contributed by atoms with Gasteiger partial charge in [-0.05, 0) is 13.0 Å². The molecule has 0 saturated carbocycles. The summed E-state index contributed by atoms with van der Waals surface area (Å²) in [6, 6.07) is 1.29. The summed E-state index contributed by atoms with van der Waals surface area (Å²) in [5, 5.41) is -0.205. The van der Waals surface area contributed by atoms with Crippen molar-refractivity contribution in [3.8, 4) is 0 Å². The Balaban J connectivity index is 3.01. The van der Waals surface area contributed by atoms with Gasteiger partial charge in [-0.15, -0.1) is 11.3 Å². The third-order valence-corrected chi connectivity index (χ3v) is 2.91. The molecule has 2 rings (SSSR count). The third-order valence-electron chi connectivity index (χ3n) is 1.87. The number of fused-ring (bicyclic) bond motifs is 1. The van der Waals surface area contributed by atoms with Crippen LogP contribution in [0.25, 0.3) is 10.1 Å². The molecule has 0 aliphatic rings. The fourth-order valence-corrected chi connectivity index (χ4v) is 2.19. The van der Waals surface area contributed by atoms with Crippen molar-refractivity contribution in [2.24, 2.45) is 0 Å². The number of benzene rings is 1. The maximum absolute atomic E-state index is 13.1. The number of thiophene rings is 1. The van der Waals surface area contributed by atoms with Crippen LogP contribution in [0, 0.1) is 30.2 Å². The van der Waals surface area contributed by atoms with Crippen LogP contribution in [0.2, 0.25) is 0 Å². The second-order valence-corrected chi connectivity index (χ2v) is 4.11. The summed E-state index contributed by atoms with van der Waals surface area (Å²) in [6.45, 7) is 1.61. The minimum absolute atomic E-state index is 0.182. The van der Waals surface area contributed by atoms with E-state index >= 15 is 0 Å². The Hall–Kier alpha value is -1.10. The van der Waals surface area contributed by atoms with Gasteiger partial charge in [-0.2, -0.15) is 0 Å². The second kappa shape index (κ2) is 2.95. The fourth-order valence-electron chi connectivity index (χ4n) is 1.25. The van der Waals surface area contributed by atoms with Crippen molar-refractivity contribution in [2.75, 3.05) is 0 Å². The highest BCUT2D eigenvalue weighted by atomic mass is 32.1. The van der Waals surface area contributed by atoms with E-state index in [1.807, 2.05) is 0 Å². The van der Waals surface area contributed by atoms with E-state index in [9.17, 15) is 17.6 Å². The SMILES string of the molecule is Cc1cc2c(F)c(F)c(F)c(F)c2s1. The molecule has 1 aromatic heterocycles. The van der Waals surface area contributed by atoms with Crippen molar-refractivity contribution < 1.29 is 17.6 Å². The van der Waals surface area contributed by atoms with Crippen molar-refractivity contribution >= 4 is 21.4 Å². The molecule has 0 spiro atoms. The molecule has 1 heterocycles.